The van der Waals surface area contributed by atoms with Crippen LogP contribution in [0, 0.1) is 0 Å². The summed E-state index contributed by atoms with van der Waals surface area (Å²) < 4.78 is 27.3. The van der Waals surface area contributed by atoms with Gasteiger partial charge in [0.05, 0.1) is 6.61 Å². The summed E-state index contributed by atoms with van der Waals surface area (Å²) in [5.41, 5.74) is 0.905. The molecule has 0 spiro atoms. The van der Waals surface area contributed by atoms with E-state index in [9.17, 15) is 9.90 Å². The second-order valence-corrected chi connectivity index (χ2v) is 11.2. The molecule has 0 aromatic heterocycles. The van der Waals surface area contributed by atoms with Gasteiger partial charge in [-0.15, -0.1) is 0 Å². The van der Waals surface area contributed by atoms with Gasteiger partial charge in [0.1, 0.15) is 30.5 Å². The molecule has 11 heteroatoms. The Kier molecular flexibility index (Phi) is 8.85. The number of aliphatic hydroxyl groups is 1. The molecule has 0 bridgehead atoms. The third-order valence-electron chi connectivity index (χ3n) is 6.52. The van der Waals surface area contributed by atoms with E-state index < -0.39 is 52.8 Å². The van der Waals surface area contributed by atoms with E-state index in [0.29, 0.717) is 0 Å². The molecule has 34 heavy (non-hydrogen) atoms. The van der Waals surface area contributed by atoms with Crippen LogP contribution >= 0.6 is 34.8 Å². The summed E-state index contributed by atoms with van der Waals surface area (Å²) in [6.07, 6.45) is -2.58. The van der Waals surface area contributed by atoms with Crippen molar-refractivity contribution in [2.24, 2.45) is 0 Å². The predicted octanol–water partition coefficient (Wildman–Crippen LogP) is 3.87. The Balaban J connectivity index is 1.55. The van der Waals surface area contributed by atoms with Crippen LogP contribution in [-0.2, 0) is 30.3 Å². The van der Waals surface area contributed by atoms with Gasteiger partial charge >= 0.3 is 6.09 Å². The zero-order chi connectivity index (χ0) is 24.3. The fraction of sp³-hybridized carbons (Fsp3) is 0.696. The highest BCUT2D eigenvalue weighted by atomic mass is 35.6. The number of methoxy groups -OCH3 is 1. The first-order valence-electron chi connectivity index (χ1n) is 11.5. The second-order valence-electron chi connectivity index (χ2n) is 8.88. The van der Waals surface area contributed by atoms with Crippen LogP contribution in [0.25, 0.3) is 0 Å². The van der Waals surface area contributed by atoms with Crippen molar-refractivity contribution < 1.29 is 33.6 Å². The SMILES string of the molecule is CO[C@H]1[C@H](O)[C@H]2O[C@H](C(Cl)(Cl)Cl)O[C@H]2[C@H](OC(=O)NC2CCCCC2)[C@H]1OCc1ccccc1. The van der Waals surface area contributed by atoms with Crippen LogP contribution in [0.4, 0.5) is 4.79 Å². The highest BCUT2D eigenvalue weighted by molar-refractivity contribution is 6.67. The number of nitrogens with one attached hydrogen (secondary N) is 1. The standard InChI is InChI=1S/C23H30Cl3NO7/c1-30-16-15(28)17-19(33-21(32-17)23(24,25)26)20(18(16)31-12-13-8-4-2-5-9-13)34-22(29)27-14-10-6-3-7-11-14/h2,4-5,8-9,14-21,28H,3,6-7,10-12H2,1H3,(H,27,29)/t15-,16-,17+,18-,19+,20+,21-/m0/s1. The van der Waals surface area contributed by atoms with Crippen LogP contribution in [0.5, 0.6) is 0 Å². The number of amides is 1. The van der Waals surface area contributed by atoms with Gasteiger partial charge in [-0.3, -0.25) is 0 Å². The van der Waals surface area contributed by atoms with Crippen molar-refractivity contribution in [3.05, 3.63) is 35.9 Å². The van der Waals surface area contributed by atoms with E-state index in [0.717, 1.165) is 37.7 Å². The molecule has 4 rings (SSSR count). The zero-order valence-electron chi connectivity index (χ0n) is 18.8. The molecule has 1 saturated heterocycles. The zero-order valence-corrected chi connectivity index (χ0v) is 21.0. The molecule has 0 unspecified atom stereocenters. The number of alkyl carbamates (subject to hydrolysis) is 1. The van der Waals surface area contributed by atoms with Gasteiger partial charge in [-0.25, -0.2) is 4.79 Å². The van der Waals surface area contributed by atoms with Gasteiger partial charge in [-0.05, 0) is 18.4 Å². The number of aliphatic hydroxyl groups excluding tert-OH is 1. The van der Waals surface area contributed by atoms with Crippen LogP contribution in [0.2, 0.25) is 0 Å². The topological polar surface area (TPSA) is 95.5 Å². The molecular weight excluding hydrogens is 509 g/mol. The van der Waals surface area contributed by atoms with E-state index in [1.807, 2.05) is 30.3 Å². The molecule has 8 nitrogen and oxygen atoms in total. The largest absolute Gasteiger partial charge is 0.440 e. The molecular formula is C23H30Cl3NO7. The fourth-order valence-corrected chi connectivity index (χ4v) is 5.16. The summed E-state index contributed by atoms with van der Waals surface area (Å²) in [5, 5.41) is 13.9. The van der Waals surface area contributed by atoms with Crippen molar-refractivity contribution >= 4 is 40.9 Å². The van der Waals surface area contributed by atoms with Crippen LogP contribution in [-0.4, -0.2) is 71.1 Å². The minimum absolute atomic E-state index is 0.0443. The molecule has 1 aromatic carbocycles. The van der Waals surface area contributed by atoms with E-state index in [-0.39, 0.29) is 12.6 Å². The number of alkyl halides is 3. The number of carbonyl (C=O) groups is 1. The Labute approximate surface area is 214 Å². The average molecular weight is 539 g/mol. The van der Waals surface area contributed by atoms with E-state index in [4.69, 9.17) is 58.5 Å². The van der Waals surface area contributed by atoms with E-state index in [1.54, 1.807) is 0 Å². The minimum Gasteiger partial charge on any atom is -0.440 e. The summed E-state index contributed by atoms with van der Waals surface area (Å²) in [6, 6.07) is 9.54. The van der Waals surface area contributed by atoms with Crippen LogP contribution in [0.1, 0.15) is 37.7 Å². The quantitative estimate of drug-likeness (QED) is 0.531. The lowest BCUT2D eigenvalue weighted by atomic mass is 9.84. The first-order valence-corrected chi connectivity index (χ1v) is 12.6. The second kappa shape index (κ2) is 11.5. The van der Waals surface area contributed by atoms with Crippen molar-refractivity contribution in [1.82, 2.24) is 5.32 Å². The monoisotopic (exact) mass is 537 g/mol. The number of hydrogen-bond acceptors (Lipinski definition) is 7. The van der Waals surface area contributed by atoms with Crippen molar-refractivity contribution in [2.75, 3.05) is 7.11 Å². The first-order chi connectivity index (χ1) is 16.3. The number of carbonyl (C=O) groups excluding carboxylic acids is 1. The minimum atomic E-state index is -1.91. The van der Waals surface area contributed by atoms with Gasteiger partial charge < -0.3 is 34.1 Å². The lowest BCUT2D eigenvalue weighted by Gasteiger charge is -2.44. The normalized spacial score (nSPS) is 34.4. The molecule has 1 amide bonds. The van der Waals surface area contributed by atoms with Crippen molar-refractivity contribution in [3.63, 3.8) is 0 Å². The lowest BCUT2D eigenvalue weighted by Crippen LogP contribution is -2.65. The predicted molar refractivity (Wildman–Crippen MR) is 126 cm³/mol. The Morgan fingerprint density at radius 1 is 1.06 bits per heavy atom. The summed E-state index contributed by atoms with van der Waals surface area (Å²) >= 11 is 18.0. The van der Waals surface area contributed by atoms with Gasteiger partial charge in [-0.1, -0.05) is 84.4 Å². The number of halogens is 3. The molecule has 2 aliphatic carbocycles. The lowest BCUT2D eigenvalue weighted by molar-refractivity contribution is -0.218. The number of hydrogen-bond donors (Lipinski definition) is 2. The fourth-order valence-electron chi connectivity index (χ4n) is 4.86. The van der Waals surface area contributed by atoms with Crippen LogP contribution in [0.3, 0.4) is 0 Å². The Bertz CT molecular complexity index is 806. The molecule has 1 heterocycles. The maximum atomic E-state index is 12.9. The molecule has 1 aliphatic heterocycles. The molecule has 2 N–H and O–H groups in total. The number of rotatable bonds is 6. The maximum absolute atomic E-state index is 12.9. The van der Waals surface area contributed by atoms with Gasteiger partial charge in [0.25, 0.3) is 0 Å². The molecule has 2 saturated carbocycles. The third-order valence-corrected chi connectivity index (χ3v) is 7.06. The molecule has 3 aliphatic rings. The molecule has 0 radical (unpaired) electrons. The van der Waals surface area contributed by atoms with E-state index in [1.165, 1.54) is 7.11 Å². The summed E-state index contributed by atoms with van der Waals surface area (Å²) in [6.45, 7) is 0.203. The van der Waals surface area contributed by atoms with Crippen LogP contribution < -0.4 is 5.32 Å². The van der Waals surface area contributed by atoms with Gasteiger partial charge in [0, 0.05) is 13.2 Å². The number of fused-ring (bicyclic) bond motifs is 1. The summed E-state index contributed by atoms with van der Waals surface area (Å²) in [5.74, 6) is 0. The maximum Gasteiger partial charge on any atom is 0.407 e. The van der Waals surface area contributed by atoms with Crippen LogP contribution in [0.15, 0.2) is 30.3 Å². The Hall–Kier alpha value is -0.840. The average Bonchev–Trinajstić information content (AvgIpc) is 3.28. The Morgan fingerprint density at radius 2 is 1.74 bits per heavy atom. The highest BCUT2D eigenvalue weighted by Gasteiger charge is 2.61. The summed E-state index contributed by atoms with van der Waals surface area (Å²) in [7, 11) is 1.44. The number of ether oxygens (including phenoxy) is 5. The van der Waals surface area contributed by atoms with Gasteiger partial charge in [-0.2, -0.15) is 0 Å². The molecule has 3 fully saturated rings. The smallest absolute Gasteiger partial charge is 0.407 e. The number of benzene rings is 1. The van der Waals surface area contributed by atoms with Crippen molar-refractivity contribution in [1.29, 1.82) is 0 Å². The van der Waals surface area contributed by atoms with E-state index >= 15 is 0 Å². The Morgan fingerprint density at radius 3 is 2.38 bits per heavy atom. The first kappa shape index (κ1) is 26.2. The summed E-state index contributed by atoms with van der Waals surface area (Å²) in [4.78, 5) is 12.9. The highest BCUT2D eigenvalue weighted by Crippen LogP contribution is 2.44. The molecule has 7 atom stereocenters. The van der Waals surface area contributed by atoms with Gasteiger partial charge in [0.15, 0.2) is 6.10 Å². The van der Waals surface area contributed by atoms with E-state index in [2.05, 4.69) is 5.32 Å². The molecule has 190 valence electrons. The third kappa shape index (κ3) is 6.10. The van der Waals surface area contributed by atoms with Crippen molar-refractivity contribution in [2.45, 2.75) is 91.5 Å². The molecule has 1 aromatic rings. The van der Waals surface area contributed by atoms with Gasteiger partial charge in [0.2, 0.25) is 10.1 Å². The van der Waals surface area contributed by atoms with Crippen molar-refractivity contribution in [3.8, 4) is 0 Å².